The average molecular weight is 241 g/mol. The predicted octanol–water partition coefficient (Wildman–Crippen LogP) is 2.57. The first-order valence-electron chi connectivity index (χ1n) is 4.32. The van der Waals surface area contributed by atoms with E-state index in [9.17, 15) is 9.18 Å². The fourth-order valence-electron chi connectivity index (χ4n) is 1.23. The van der Waals surface area contributed by atoms with E-state index in [4.69, 9.17) is 16.7 Å². The fourth-order valence-corrected chi connectivity index (χ4v) is 1.42. The van der Waals surface area contributed by atoms with Gasteiger partial charge in [0.15, 0.2) is 0 Å². The molecule has 1 heterocycles. The normalized spacial score (nSPS) is 10.4. The number of aromatic nitrogens is 2. The van der Waals surface area contributed by atoms with Gasteiger partial charge in [-0.15, -0.1) is 0 Å². The zero-order valence-electron chi connectivity index (χ0n) is 7.87. The standard InChI is InChI=1S/C10H6ClFN2O2/c11-6-3-5(1-2-7(6)12)8-4-9(10(15)16)14-13-8/h1-4H,(H,13,14)(H,15,16). The topological polar surface area (TPSA) is 66.0 Å². The van der Waals surface area contributed by atoms with E-state index in [1.807, 2.05) is 0 Å². The van der Waals surface area contributed by atoms with E-state index in [1.54, 1.807) is 0 Å². The van der Waals surface area contributed by atoms with Crippen LogP contribution in [0.25, 0.3) is 11.3 Å². The molecule has 1 aromatic carbocycles. The van der Waals surface area contributed by atoms with Crippen LogP contribution < -0.4 is 0 Å². The number of hydrogen-bond donors (Lipinski definition) is 2. The summed E-state index contributed by atoms with van der Waals surface area (Å²) in [7, 11) is 0. The van der Waals surface area contributed by atoms with Crippen LogP contribution in [-0.2, 0) is 0 Å². The van der Waals surface area contributed by atoms with Crippen LogP contribution in [0.4, 0.5) is 4.39 Å². The molecule has 0 bridgehead atoms. The lowest BCUT2D eigenvalue weighted by Crippen LogP contribution is -1.95. The van der Waals surface area contributed by atoms with Gasteiger partial charge in [-0.1, -0.05) is 11.6 Å². The lowest BCUT2D eigenvalue weighted by Gasteiger charge is -1.97. The molecule has 0 aliphatic heterocycles. The number of carbonyl (C=O) groups is 1. The summed E-state index contributed by atoms with van der Waals surface area (Å²) in [6.45, 7) is 0. The van der Waals surface area contributed by atoms with Crippen molar-refractivity contribution in [3.05, 3.63) is 40.8 Å². The molecule has 0 radical (unpaired) electrons. The predicted molar refractivity (Wildman–Crippen MR) is 56.0 cm³/mol. The summed E-state index contributed by atoms with van der Waals surface area (Å²) in [6, 6.07) is 5.42. The first kappa shape index (κ1) is 10.6. The summed E-state index contributed by atoms with van der Waals surface area (Å²) >= 11 is 5.60. The van der Waals surface area contributed by atoms with Crippen molar-refractivity contribution in [1.29, 1.82) is 0 Å². The highest BCUT2D eigenvalue weighted by Gasteiger charge is 2.10. The molecule has 2 aromatic rings. The number of rotatable bonds is 2. The Morgan fingerprint density at radius 3 is 2.75 bits per heavy atom. The van der Waals surface area contributed by atoms with Crippen molar-refractivity contribution in [2.45, 2.75) is 0 Å². The molecule has 0 aliphatic rings. The summed E-state index contributed by atoms with van der Waals surface area (Å²) in [5.41, 5.74) is 0.921. The van der Waals surface area contributed by atoms with Gasteiger partial charge in [-0.25, -0.2) is 9.18 Å². The highest BCUT2D eigenvalue weighted by molar-refractivity contribution is 6.31. The molecular formula is C10H6ClFN2O2. The molecular weight excluding hydrogens is 235 g/mol. The monoisotopic (exact) mass is 240 g/mol. The van der Waals surface area contributed by atoms with Gasteiger partial charge in [0.1, 0.15) is 11.5 Å². The number of hydrogen-bond acceptors (Lipinski definition) is 2. The van der Waals surface area contributed by atoms with Crippen LogP contribution in [0.15, 0.2) is 24.3 Å². The molecule has 0 saturated heterocycles. The van der Waals surface area contributed by atoms with Crippen molar-refractivity contribution in [2.75, 3.05) is 0 Å². The Labute approximate surface area is 94.7 Å². The van der Waals surface area contributed by atoms with Gasteiger partial charge in [0.05, 0.1) is 10.7 Å². The molecule has 2 N–H and O–H groups in total. The Bertz CT molecular complexity index is 554. The SMILES string of the molecule is O=C(O)c1cc(-c2ccc(F)c(Cl)c2)n[nH]1. The molecule has 4 nitrogen and oxygen atoms in total. The van der Waals surface area contributed by atoms with Crippen molar-refractivity contribution in [2.24, 2.45) is 0 Å². The van der Waals surface area contributed by atoms with E-state index >= 15 is 0 Å². The molecule has 0 saturated carbocycles. The number of carboxylic acids is 1. The Morgan fingerprint density at radius 2 is 2.19 bits per heavy atom. The highest BCUT2D eigenvalue weighted by Crippen LogP contribution is 2.23. The maximum atomic E-state index is 12.9. The third-order valence-corrected chi connectivity index (χ3v) is 2.31. The molecule has 16 heavy (non-hydrogen) atoms. The average Bonchev–Trinajstić information content (AvgIpc) is 2.71. The zero-order valence-corrected chi connectivity index (χ0v) is 8.62. The minimum Gasteiger partial charge on any atom is -0.477 e. The Kier molecular flexibility index (Phi) is 2.62. The minimum atomic E-state index is -1.10. The summed E-state index contributed by atoms with van der Waals surface area (Å²) in [4.78, 5) is 10.6. The summed E-state index contributed by atoms with van der Waals surface area (Å²) in [5.74, 6) is -1.63. The van der Waals surface area contributed by atoms with Gasteiger partial charge in [-0.3, -0.25) is 5.10 Å². The van der Waals surface area contributed by atoms with Gasteiger partial charge in [0.25, 0.3) is 0 Å². The van der Waals surface area contributed by atoms with E-state index in [2.05, 4.69) is 10.2 Å². The lowest BCUT2D eigenvalue weighted by molar-refractivity contribution is 0.0690. The molecule has 1 aromatic heterocycles. The van der Waals surface area contributed by atoms with Crippen LogP contribution in [0.3, 0.4) is 0 Å². The number of nitrogens with one attached hydrogen (secondary N) is 1. The van der Waals surface area contributed by atoms with E-state index < -0.39 is 11.8 Å². The number of aromatic amines is 1. The smallest absolute Gasteiger partial charge is 0.353 e. The van der Waals surface area contributed by atoms with Crippen LogP contribution in [-0.4, -0.2) is 21.3 Å². The van der Waals surface area contributed by atoms with Crippen LogP contribution in [0.1, 0.15) is 10.5 Å². The van der Waals surface area contributed by atoms with E-state index in [1.165, 1.54) is 24.3 Å². The molecule has 0 amide bonds. The van der Waals surface area contributed by atoms with Crippen molar-refractivity contribution < 1.29 is 14.3 Å². The first-order chi connectivity index (χ1) is 7.58. The Hall–Kier alpha value is -1.88. The summed E-state index contributed by atoms with van der Waals surface area (Å²) in [5, 5.41) is 14.8. The second-order valence-electron chi connectivity index (χ2n) is 3.10. The second-order valence-corrected chi connectivity index (χ2v) is 3.51. The molecule has 0 fully saturated rings. The van der Waals surface area contributed by atoms with Crippen LogP contribution in [0.2, 0.25) is 5.02 Å². The summed E-state index contributed by atoms with van der Waals surface area (Å²) in [6.07, 6.45) is 0. The maximum Gasteiger partial charge on any atom is 0.353 e. The minimum absolute atomic E-state index is 0.0302. The van der Waals surface area contributed by atoms with Gasteiger partial charge in [0, 0.05) is 5.56 Å². The molecule has 0 aliphatic carbocycles. The number of aromatic carboxylic acids is 1. The van der Waals surface area contributed by atoms with Crippen LogP contribution in [0, 0.1) is 5.82 Å². The highest BCUT2D eigenvalue weighted by atomic mass is 35.5. The quantitative estimate of drug-likeness (QED) is 0.848. The van der Waals surface area contributed by atoms with E-state index in [-0.39, 0.29) is 10.7 Å². The number of halogens is 2. The molecule has 0 unspecified atom stereocenters. The molecule has 6 heteroatoms. The number of H-pyrrole nitrogens is 1. The van der Waals surface area contributed by atoms with Crippen LogP contribution in [0.5, 0.6) is 0 Å². The van der Waals surface area contributed by atoms with Gasteiger partial charge in [0.2, 0.25) is 0 Å². The number of benzene rings is 1. The number of nitrogens with zero attached hydrogens (tertiary/aromatic N) is 1. The molecule has 0 spiro atoms. The molecule has 0 atom stereocenters. The largest absolute Gasteiger partial charge is 0.477 e. The van der Waals surface area contributed by atoms with Crippen molar-refractivity contribution >= 4 is 17.6 Å². The van der Waals surface area contributed by atoms with E-state index in [0.29, 0.717) is 11.3 Å². The van der Waals surface area contributed by atoms with Gasteiger partial charge in [-0.2, -0.15) is 5.10 Å². The zero-order chi connectivity index (χ0) is 11.7. The van der Waals surface area contributed by atoms with E-state index in [0.717, 1.165) is 0 Å². The molecule has 2 rings (SSSR count). The molecule has 82 valence electrons. The third-order valence-electron chi connectivity index (χ3n) is 2.02. The maximum absolute atomic E-state index is 12.9. The Balaban J connectivity index is 2.42. The van der Waals surface area contributed by atoms with Crippen LogP contribution >= 0.6 is 11.6 Å². The van der Waals surface area contributed by atoms with Gasteiger partial charge in [-0.05, 0) is 24.3 Å². The van der Waals surface area contributed by atoms with Crippen molar-refractivity contribution in [1.82, 2.24) is 10.2 Å². The van der Waals surface area contributed by atoms with Crippen molar-refractivity contribution in [3.63, 3.8) is 0 Å². The second kappa shape index (κ2) is 3.94. The third kappa shape index (κ3) is 1.90. The van der Waals surface area contributed by atoms with Gasteiger partial charge >= 0.3 is 5.97 Å². The first-order valence-corrected chi connectivity index (χ1v) is 4.70. The number of carboxylic acid groups (broad SMARTS) is 1. The lowest BCUT2D eigenvalue weighted by atomic mass is 10.1. The summed E-state index contributed by atoms with van der Waals surface area (Å²) < 4.78 is 12.9. The Morgan fingerprint density at radius 1 is 1.44 bits per heavy atom. The van der Waals surface area contributed by atoms with Crippen molar-refractivity contribution in [3.8, 4) is 11.3 Å². The van der Waals surface area contributed by atoms with Gasteiger partial charge < -0.3 is 5.11 Å². The fraction of sp³-hybridized carbons (Fsp3) is 0.